The minimum atomic E-state index is -0.654. The molecule has 0 unspecified atom stereocenters. The molecule has 0 aliphatic heterocycles. The minimum absolute atomic E-state index is 0.0869. The molecular weight excluding hydrogens is 376 g/mol. The van der Waals surface area contributed by atoms with Crippen molar-refractivity contribution in [1.29, 1.82) is 0 Å². The van der Waals surface area contributed by atoms with E-state index in [4.69, 9.17) is 5.11 Å². The first-order chi connectivity index (χ1) is 14.4. The summed E-state index contributed by atoms with van der Waals surface area (Å²) < 4.78 is 4.49. The van der Waals surface area contributed by atoms with Gasteiger partial charge >= 0.3 is 11.9 Å². The molecule has 4 heteroatoms. The van der Waals surface area contributed by atoms with Gasteiger partial charge in [0.15, 0.2) is 0 Å². The Balaban J connectivity index is 0. The van der Waals surface area contributed by atoms with Gasteiger partial charge in [0, 0.05) is 12.8 Å². The summed E-state index contributed by atoms with van der Waals surface area (Å²) in [5, 5.41) is 8.52. The fraction of sp³-hybridized carbons (Fsp3) is 0.923. The van der Waals surface area contributed by atoms with Crippen molar-refractivity contribution in [2.24, 2.45) is 5.92 Å². The van der Waals surface area contributed by atoms with Crippen molar-refractivity contribution in [3.8, 4) is 0 Å². The summed E-state index contributed by atoms with van der Waals surface area (Å²) in [5.41, 5.74) is 0. The molecule has 0 saturated carbocycles. The van der Waals surface area contributed by atoms with Crippen LogP contribution >= 0.6 is 0 Å². The fourth-order valence-corrected chi connectivity index (χ4v) is 3.39. The van der Waals surface area contributed by atoms with Crippen molar-refractivity contribution in [2.45, 2.75) is 143 Å². The normalized spacial score (nSPS) is 10.6. The molecule has 0 aliphatic rings. The maximum atomic E-state index is 10.6. The Morgan fingerprint density at radius 3 is 1.47 bits per heavy atom. The van der Waals surface area contributed by atoms with Crippen LogP contribution in [0.1, 0.15) is 143 Å². The average Bonchev–Trinajstić information content (AvgIpc) is 2.71. The molecule has 0 atom stereocenters. The van der Waals surface area contributed by atoms with E-state index in [2.05, 4.69) is 25.5 Å². The van der Waals surface area contributed by atoms with Crippen molar-refractivity contribution < 1.29 is 19.4 Å². The molecule has 4 nitrogen and oxygen atoms in total. The summed E-state index contributed by atoms with van der Waals surface area (Å²) in [6.45, 7) is 6.77. The van der Waals surface area contributed by atoms with Gasteiger partial charge in [-0.25, -0.2) is 0 Å². The zero-order valence-corrected chi connectivity index (χ0v) is 20.7. The monoisotopic (exact) mass is 428 g/mol. The lowest BCUT2D eigenvalue weighted by Gasteiger charge is -2.04. The van der Waals surface area contributed by atoms with Gasteiger partial charge in [-0.2, -0.15) is 0 Å². The number of ether oxygens (including phenoxy) is 1. The number of methoxy groups -OCH3 is 1. The highest BCUT2D eigenvalue weighted by Gasteiger charge is 1.98. The van der Waals surface area contributed by atoms with Gasteiger partial charge < -0.3 is 9.84 Å². The first-order valence-corrected chi connectivity index (χ1v) is 12.7. The molecule has 0 aromatic heterocycles. The number of unbranched alkanes of at least 4 members (excludes halogenated alkanes) is 14. The van der Waals surface area contributed by atoms with Gasteiger partial charge in [0.05, 0.1) is 7.11 Å². The standard InChI is InChI=1S/C18H36O2.C8H16O2/c1-17(2)15-13-11-9-7-5-3-4-6-8-10-12-14-16-18(19)20;1-3-4-5-6-7-8(9)10-2/h17H,3-16H2,1-2H3,(H,19,20);3-7H2,1-2H3. The van der Waals surface area contributed by atoms with E-state index < -0.39 is 5.97 Å². The topological polar surface area (TPSA) is 63.6 Å². The van der Waals surface area contributed by atoms with Crippen LogP contribution in [0, 0.1) is 5.92 Å². The highest BCUT2D eigenvalue weighted by Crippen LogP contribution is 2.14. The lowest BCUT2D eigenvalue weighted by Crippen LogP contribution is -1.98. The Kier molecular flexibility index (Phi) is 27.0. The van der Waals surface area contributed by atoms with Crippen molar-refractivity contribution in [3.05, 3.63) is 0 Å². The molecule has 1 N–H and O–H groups in total. The van der Waals surface area contributed by atoms with Crippen LogP contribution in [0.5, 0.6) is 0 Å². The number of hydrogen-bond donors (Lipinski definition) is 1. The summed E-state index contributed by atoms with van der Waals surface area (Å²) in [6.07, 6.45) is 22.4. The van der Waals surface area contributed by atoms with E-state index in [-0.39, 0.29) is 5.97 Å². The van der Waals surface area contributed by atoms with Gasteiger partial charge in [-0.15, -0.1) is 0 Å². The molecule has 0 aliphatic carbocycles. The zero-order valence-electron chi connectivity index (χ0n) is 20.7. The number of aliphatic carboxylic acids is 1. The van der Waals surface area contributed by atoms with E-state index in [0.29, 0.717) is 12.8 Å². The van der Waals surface area contributed by atoms with Gasteiger partial charge in [-0.3, -0.25) is 9.59 Å². The second-order valence-corrected chi connectivity index (χ2v) is 8.96. The number of carboxylic acids is 1. The Hall–Kier alpha value is -1.06. The first kappa shape index (κ1) is 31.1. The molecular formula is C26H52O4. The highest BCUT2D eigenvalue weighted by atomic mass is 16.5. The van der Waals surface area contributed by atoms with Crippen molar-refractivity contribution in [1.82, 2.24) is 0 Å². The maximum absolute atomic E-state index is 10.6. The molecule has 0 heterocycles. The molecule has 0 radical (unpaired) electrons. The Labute approximate surface area is 187 Å². The number of esters is 1. The van der Waals surface area contributed by atoms with E-state index in [1.807, 2.05) is 0 Å². The van der Waals surface area contributed by atoms with E-state index in [1.54, 1.807) is 0 Å². The zero-order chi connectivity index (χ0) is 22.9. The Bertz CT molecular complexity index is 366. The molecule has 30 heavy (non-hydrogen) atoms. The largest absolute Gasteiger partial charge is 0.481 e. The van der Waals surface area contributed by atoms with Crippen LogP contribution in [0.15, 0.2) is 0 Å². The molecule has 180 valence electrons. The number of hydrogen-bond acceptors (Lipinski definition) is 3. The molecule has 0 spiro atoms. The van der Waals surface area contributed by atoms with E-state index >= 15 is 0 Å². The predicted molar refractivity (Wildman–Crippen MR) is 128 cm³/mol. The fourth-order valence-electron chi connectivity index (χ4n) is 3.39. The predicted octanol–water partition coefficient (Wildman–Crippen LogP) is 8.32. The maximum Gasteiger partial charge on any atom is 0.305 e. The van der Waals surface area contributed by atoms with Gasteiger partial charge in [-0.1, -0.05) is 117 Å². The van der Waals surface area contributed by atoms with Crippen molar-refractivity contribution >= 4 is 11.9 Å². The van der Waals surface area contributed by atoms with Gasteiger partial charge in [0.2, 0.25) is 0 Å². The number of carboxylic acid groups (broad SMARTS) is 1. The van der Waals surface area contributed by atoms with Crippen molar-refractivity contribution in [2.75, 3.05) is 7.11 Å². The second-order valence-electron chi connectivity index (χ2n) is 8.96. The lowest BCUT2D eigenvalue weighted by atomic mass is 10.0. The third-order valence-corrected chi connectivity index (χ3v) is 5.38. The number of carbonyl (C=O) groups excluding carboxylic acids is 1. The van der Waals surface area contributed by atoms with Crippen LogP contribution in [0.4, 0.5) is 0 Å². The van der Waals surface area contributed by atoms with Crippen LogP contribution < -0.4 is 0 Å². The molecule has 0 amide bonds. The van der Waals surface area contributed by atoms with Crippen LogP contribution in [0.2, 0.25) is 0 Å². The van der Waals surface area contributed by atoms with Crippen molar-refractivity contribution in [3.63, 3.8) is 0 Å². The minimum Gasteiger partial charge on any atom is -0.481 e. The summed E-state index contributed by atoms with van der Waals surface area (Å²) in [7, 11) is 1.43. The molecule has 0 aromatic rings. The highest BCUT2D eigenvalue weighted by molar-refractivity contribution is 5.69. The SMILES string of the molecule is CC(C)CCCCCCCCCCCCCCC(=O)O.CCCCCCC(=O)OC. The van der Waals surface area contributed by atoms with Crippen LogP contribution in [-0.2, 0) is 14.3 Å². The Morgan fingerprint density at radius 1 is 0.667 bits per heavy atom. The van der Waals surface area contributed by atoms with Crippen LogP contribution in [0.3, 0.4) is 0 Å². The molecule has 0 bridgehead atoms. The van der Waals surface area contributed by atoms with Gasteiger partial charge in [-0.05, 0) is 18.8 Å². The van der Waals surface area contributed by atoms with Gasteiger partial charge in [0.1, 0.15) is 0 Å². The Morgan fingerprint density at radius 2 is 1.07 bits per heavy atom. The third-order valence-electron chi connectivity index (χ3n) is 5.38. The van der Waals surface area contributed by atoms with E-state index in [0.717, 1.165) is 31.6 Å². The second kappa shape index (κ2) is 26.0. The lowest BCUT2D eigenvalue weighted by molar-refractivity contribution is -0.141. The third kappa shape index (κ3) is 31.6. The van der Waals surface area contributed by atoms with E-state index in [9.17, 15) is 9.59 Å². The molecule has 0 saturated heterocycles. The van der Waals surface area contributed by atoms with Crippen LogP contribution in [0.25, 0.3) is 0 Å². The summed E-state index contributed by atoms with van der Waals surface area (Å²) in [4.78, 5) is 20.9. The van der Waals surface area contributed by atoms with Gasteiger partial charge in [0.25, 0.3) is 0 Å². The smallest absolute Gasteiger partial charge is 0.305 e. The molecule has 0 aromatic carbocycles. The number of carbonyl (C=O) groups is 2. The number of rotatable bonds is 20. The molecule has 0 rings (SSSR count). The quantitative estimate of drug-likeness (QED) is 0.156. The summed E-state index contributed by atoms with van der Waals surface area (Å²) in [6, 6.07) is 0. The molecule has 0 fully saturated rings. The van der Waals surface area contributed by atoms with Crippen LogP contribution in [-0.4, -0.2) is 24.2 Å². The average molecular weight is 429 g/mol. The first-order valence-electron chi connectivity index (χ1n) is 12.7. The summed E-state index contributed by atoms with van der Waals surface area (Å²) >= 11 is 0. The van der Waals surface area contributed by atoms with E-state index in [1.165, 1.54) is 90.6 Å². The summed E-state index contributed by atoms with van der Waals surface area (Å²) in [5.74, 6) is 0.125.